The number of unbranched alkanes of at least 4 members (excludes halogenated alkanes) is 1. The molecule has 3 aromatic rings. The largest absolute Gasteiger partial charge is 0.338 e. The number of carbonyl (C=O) groups is 1. The van der Waals surface area contributed by atoms with Crippen molar-refractivity contribution in [3.05, 3.63) is 65.0 Å². The maximum absolute atomic E-state index is 12.8. The molecule has 1 saturated heterocycles. The number of piperidine rings is 1. The van der Waals surface area contributed by atoms with Crippen LogP contribution in [0.4, 0.5) is 5.69 Å². The quantitative estimate of drug-likeness (QED) is 0.482. The third-order valence-electron chi connectivity index (χ3n) is 5.83. The van der Waals surface area contributed by atoms with Gasteiger partial charge in [0.2, 0.25) is 17.6 Å². The Labute approximate surface area is 194 Å². The fourth-order valence-corrected chi connectivity index (χ4v) is 4.24. The van der Waals surface area contributed by atoms with E-state index in [0.29, 0.717) is 29.8 Å². The van der Waals surface area contributed by atoms with Gasteiger partial charge in [0, 0.05) is 22.8 Å². The minimum atomic E-state index is -0.0566. The van der Waals surface area contributed by atoms with E-state index in [-0.39, 0.29) is 11.8 Å². The van der Waals surface area contributed by atoms with E-state index >= 15 is 0 Å². The predicted molar refractivity (Wildman–Crippen MR) is 126 cm³/mol. The molecule has 1 fully saturated rings. The number of halogens is 1. The molecule has 1 atom stereocenters. The zero-order chi connectivity index (χ0) is 22.3. The van der Waals surface area contributed by atoms with E-state index in [0.717, 1.165) is 37.1 Å². The maximum atomic E-state index is 12.8. The number of benzene rings is 2. The summed E-state index contributed by atoms with van der Waals surface area (Å²) in [5, 5.41) is 7.79. The van der Waals surface area contributed by atoms with Crippen molar-refractivity contribution >= 4 is 23.2 Å². The normalized spacial score (nSPS) is 16.8. The van der Waals surface area contributed by atoms with Crippen LogP contribution in [0.5, 0.6) is 0 Å². The molecule has 0 bridgehead atoms. The lowest BCUT2D eigenvalue weighted by atomic mass is 9.97. The highest BCUT2D eigenvalue weighted by Crippen LogP contribution is 2.23. The van der Waals surface area contributed by atoms with Gasteiger partial charge in [-0.15, -0.1) is 0 Å². The average molecular weight is 453 g/mol. The highest BCUT2D eigenvalue weighted by Gasteiger charge is 2.27. The van der Waals surface area contributed by atoms with Crippen molar-refractivity contribution in [3.8, 4) is 11.4 Å². The predicted octanol–water partition coefficient (Wildman–Crippen LogP) is 5.58. The summed E-state index contributed by atoms with van der Waals surface area (Å²) < 4.78 is 5.45. The molecule has 1 aliphatic heterocycles. The monoisotopic (exact) mass is 452 g/mol. The number of carbonyl (C=O) groups excluding carboxylic acids is 1. The van der Waals surface area contributed by atoms with Crippen molar-refractivity contribution in [1.82, 2.24) is 15.0 Å². The molecule has 32 heavy (non-hydrogen) atoms. The van der Waals surface area contributed by atoms with Crippen LogP contribution >= 0.6 is 11.6 Å². The van der Waals surface area contributed by atoms with Gasteiger partial charge in [-0.3, -0.25) is 9.69 Å². The van der Waals surface area contributed by atoms with Crippen molar-refractivity contribution in [3.63, 3.8) is 0 Å². The molecule has 0 radical (unpaired) electrons. The second-order valence-corrected chi connectivity index (χ2v) is 8.82. The van der Waals surface area contributed by atoms with Crippen LogP contribution in [-0.2, 0) is 17.8 Å². The van der Waals surface area contributed by atoms with E-state index in [9.17, 15) is 4.79 Å². The summed E-state index contributed by atoms with van der Waals surface area (Å²) in [5.74, 6) is 1.08. The first-order valence-electron chi connectivity index (χ1n) is 11.3. The van der Waals surface area contributed by atoms with Crippen molar-refractivity contribution in [1.29, 1.82) is 0 Å². The summed E-state index contributed by atoms with van der Waals surface area (Å²) >= 11 is 6.06. The van der Waals surface area contributed by atoms with Gasteiger partial charge < -0.3 is 9.84 Å². The van der Waals surface area contributed by atoms with Crippen molar-refractivity contribution < 1.29 is 9.32 Å². The minimum absolute atomic E-state index is 0.0566. The van der Waals surface area contributed by atoms with E-state index in [1.807, 2.05) is 36.4 Å². The molecular formula is C25H29ClN4O2. The molecule has 1 N–H and O–H groups in total. The van der Waals surface area contributed by atoms with Crippen molar-refractivity contribution in [2.24, 2.45) is 5.92 Å². The van der Waals surface area contributed by atoms with Gasteiger partial charge in [-0.2, -0.15) is 4.98 Å². The van der Waals surface area contributed by atoms with E-state index in [2.05, 4.69) is 39.4 Å². The number of nitrogens with one attached hydrogen (secondary N) is 1. The van der Waals surface area contributed by atoms with Crippen LogP contribution in [-0.4, -0.2) is 34.0 Å². The Morgan fingerprint density at radius 3 is 2.88 bits per heavy atom. The second kappa shape index (κ2) is 10.7. The summed E-state index contributed by atoms with van der Waals surface area (Å²) in [6.07, 6.45) is 5.29. The number of hydrogen-bond donors (Lipinski definition) is 1. The minimum Gasteiger partial charge on any atom is -0.338 e. The van der Waals surface area contributed by atoms with Gasteiger partial charge in [0.15, 0.2) is 0 Å². The third-order valence-corrected chi connectivity index (χ3v) is 6.06. The standard InChI is InChI=1S/C25H29ClN4O2/c1-2-3-6-18-10-12-22(13-11-18)27-25(31)20-8-5-14-30(16-20)17-23-28-24(29-32-23)19-7-4-9-21(26)15-19/h4,7,9-13,15,20H,2-3,5-6,8,14,16-17H2,1H3,(H,27,31). The van der Waals surface area contributed by atoms with E-state index in [1.54, 1.807) is 0 Å². The summed E-state index contributed by atoms with van der Waals surface area (Å²) in [6.45, 7) is 4.31. The van der Waals surface area contributed by atoms with Crippen molar-refractivity contribution in [2.45, 2.75) is 45.6 Å². The van der Waals surface area contributed by atoms with E-state index in [1.165, 1.54) is 18.4 Å². The number of aromatic nitrogens is 2. The van der Waals surface area contributed by atoms with Gasteiger partial charge in [-0.25, -0.2) is 0 Å². The lowest BCUT2D eigenvalue weighted by molar-refractivity contribution is -0.121. The van der Waals surface area contributed by atoms with Crippen LogP contribution in [0, 0.1) is 5.92 Å². The molecular weight excluding hydrogens is 424 g/mol. The number of nitrogens with zero attached hydrogens (tertiary/aromatic N) is 3. The van der Waals surface area contributed by atoms with Crippen LogP contribution in [0.15, 0.2) is 53.1 Å². The summed E-state index contributed by atoms with van der Waals surface area (Å²) in [5.41, 5.74) is 2.99. The number of hydrogen-bond acceptors (Lipinski definition) is 5. The Morgan fingerprint density at radius 1 is 1.25 bits per heavy atom. The molecule has 2 heterocycles. The Hall–Kier alpha value is -2.70. The molecule has 1 unspecified atom stereocenters. The highest BCUT2D eigenvalue weighted by atomic mass is 35.5. The molecule has 0 aliphatic carbocycles. The Balaban J connectivity index is 1.32. The van der Waals surface area contributed by atoms with Crippen LogP contribution in [0.1, 0.15) is 44.1 Å². The number of anilines is 1. The third kappa shape index (κ3) is 5.96. The van der Waals surface area contributed by atoms with E-state index in [4.69, 9.17) is 16.1 Å². The molecule has 1 aliphatic rings. The highest BCUT2D eigenvalue weighted by molar-refractivity contribution is 6.30. The Bertz CT molecular complexity index is 1030. The first kappa shape index (κ1) is 22.5. The molecule has 168 valence electrons. The average Bonchev–Trinajstić information content (AvgIpc) is 3.27. The van der Waals surface area contributed by atoms with Gasteiger partial charge in [-0.1, -0.05) is 54.4 Å². The smallest absolute Gasteiger partial charge is 0.241 e. The number of aryl methyl sites for hydroxylation is 1. The molecule has 2 aromatic carbocycles. The first-order valence-corrected chi connectivity index (χ1v) is 11.7. The summed E-state index contributed by atoms with van der Waals surface area (Å²) in [7, 11) is 0. The molecule has 4 rings (SSSR count). The molecule has 1 amide bonds. The molecule has 1 aromatic heterocycles. The van der Waals surface area contributed by atoms with Gasteiger partial charge in [0.1, 0.15) is 0 Å². The Morgan fingerprint density at radius 2 is 2.09 bits per heavy atom. The van der Waals surface area contributed by atoms with Gasteiger partial charge >= 0.3 is 0 Å². The van der Waals surface area contributed by atoms with Gasteiger partial charge in [-0.05, 0) is 62.1 Å². The molecule has 0 saturated carbocycles. The van der Waals surface area contributed by atoms with Gasteiger partial charge in [0.05, 0.1) is 12.5 Å². The fourth-order valence-electron chi connectivity index (χ4n) is 4.05. The van der Waals surface area contributed by atoms with Crippen LogP contribution in [0.3, 0.4) is 0 Å². The van der Waals surface area contributed by atoms with Crippen molar-refractivity contribution in [2.75, 3.05) is 18.4 Å². The van der Waals surface area contributed by atoms with Crippen LogP contribution in [0.2, 0.25) is 5.02 Å². The van der Waals surface area contributed by atoms with Crippen LogP contribution < -0.4 is 5.32 Å². The SMILES string of the molecule is CCCCc1ccc(NC(=O)C2CCCN(Cc3nc(-c4cccc(Cl)c4)no3)C2)cc1. The topological polar surface area (TPSA) is 71.3 Å². The lowest BCUT2D eigenvalue weighted by Gasteiger charge is -2.30. The Kier molecular flexibility index (Phi) is 7.55. The summed E-state index contributed by atoms with van der Waals surface area (Å²) in [6, 6.07) is 15.6. The second-order valence-electron chi connectivity index (χ2n) is 8.39. The van der Waals surface area contributed by atoms with Gasteiger partial charge in [0.25, 0.3) is 0 Å². The number of rotatable bonds is 8. The molecule has 6 nitrogen and oxygen atoms in total. The van der Waals surface area contributed by atoms with E-state index < -0.39 is 0 Å². The molecule has 7 heteroatoms. The maximum Gasteiger partial charge on any atom is 0.241 e. The first-order chi connectivity index (χ1) is 15.6. The zero-order valence-corrected chi connectivity index (χ0v) is 19.1. The zero-order valence-electron chi connectivity index (χ0n) is 18.4. The fraction of sp³-hybridized carbons (Fsp3) is 0.400. The number of likely N-dealkylation sites (tertiary alicyclic amines) is 1. The lowest BCUT2D eigenvalue weighted by Crippen LogP contribution is -2.40. The summed E-state index contributed by atoms with van der Waals surface area (Å²) in [4.78, 5) is 19.6. The number of amides is 1. The molecule has 0 spiro atoms. The van der Waals surface area contributed by atoms with Crippen LogP contribution in [0.25, 0.3) is 11.4 Å².